The number of aryl methyl sites for hydroxylation is 1. The fourth-order valence-corrected chi connectivity index (χ4v) is 3.04. The molecule has 2 nitrogen and oxygen atoms in total. The lowest BCUT2D eigenvalue weighted by molar-refractivity contribution is 0.0864. The highest BCUT2D eigenvalue weighted by Crippen LogP contribution is 2.19. The minimum atomic E-state index is 0.284. The quantitative estimate of drug-likeness (QED) is 0.753. The zero-order valence-corrected chi connectivity index (χ0v) is 10.8. The molecule has 1 aromatic rings. The predicted octanol–water partition coefficient (Wildman–Crippen LogP) is 3.11. The third-order valence-electron chi connectivity index (χ3n) is 3.30. The van der Waals surface area contributed by atoms with Crippen LogP contribution in [0.3, 0.4) is 0 Å². The number of likely N-dealkylation sites (tertiary alicyclic amines) is 1. The Morgan fingerprint density at radius 1 is 1.50 bits per heavy atom. The van der Waals surface area contributed by atoms with Crippen LogP contribution in [0.25, 0.3) is 0 Å². The van der Waals surface area contributed by atoms with E-state index in [-0.39, 0.29) is 5.78 Å². The summed E-state index contributed by atoms with van der Waals surface area (Å²) in [5.74, 6) is 0.284. The topological polar surface area (TPSA) is 20.3 Å². The highest BCUT2D eigenvalue weighted by molar-refractivity contribution is 7.14. The molecule has 1 aliphatic rings. The van der Waals surface area contributed by atoms with Gasteiger partial charge in [-0.3, -0.25) is 9.69 Å². The van der Waals surface area contributed by atoms with Crippen LogP contribution < -0.4 is 0 Å². The second-order valence-electron chi connectivity index (χ2n) is 4.65. The van der Waals surface area contributed by atoms with Gasteiger partial charge in [0, 0.05) is 10.9 Å². The Hall–Kier alpha value is -0.670. The van der Waals surface area contributed by atoms with Crippen LogP contribution in [0.2, 0.25) is 0 Å². The number of piperidine rings is 1. The molecular formula is C13H19NOS. The number of thiophene rings is 1. The first-order valence-corrected chi connectivity index (χ1v) is 6.82. The zero-order valence-electron chi connectivity index (χ0n) is 10.0. The summed E-state index contributed by atoms with van der Waals surface area (Å²) in [5, 5.41) is 0. The van der Waals surface area contributed by atoms with E-state index in [9.17, 15) is 4.79 Å². The van der Waals surface area contributed by atoms with Gasteiger partial charge in [0.15, 0.2) is 5.78 Å². The molecule has 0 aliphatic carbocycles. The first-order chi connectivity index (χ1) is 7.66. The number of nitrogens with zero attached hydrogens (tertiary/aromatic N) is 1. The number of Topliss-reactive ketones (excluding diaryl/α,β-unsaturated/α-hetero) is 1. The maximum atomic E-state index is 12.0. The number of hydrogen-bond acceptors (Lipinski definition) is 3. The third kappa shape index (κ3) is 2.71. The van der Waals surface area contributed by atoms with Crippen molar-refractivity contribution in [2.24, 2.45) is 0 Å². The van der Waals surface area contributed by atoms with E-state index in [1.54, 1.807) is 11.3 Å². The molecular weight excluding hydrogens is 218 g/mol. The van der Waals surface area contributed by atoms with E-state index in [0.717, 1.165) is 11.4 Å². The highest BCUT2D eigenvalue weighted by Gasteiger charge is 2.21. The van der Waals surface area contributed by atoms with Crippen LogP contribution in [0.4, 0.5) is 0 Å². The number of ketones is 1. The van der Waals surface area contributed by atoms with Gasteiger partial charge in [-0.2, -0.15) is 0 Å². The molecule has 0 radical (unpaired) electrons. The fourth-order valence-electron chi connectivity index (χ4n) is 2.24. The SMILES string of the molecule is Cc1ccc(C(=O)CN2CCCCC2C)s1. The van der Waals surface area contributed by atoms with Gasteiger partial charge in [0.2, 0.25) is 0 Å². The lowest BCUT2D eigenvalue weighted by atomic mass is 10.0. The standard InChI is InChI=1S/C13H19NOS/c1-10-5-3-4-8-14(10)9-12(15)13-7-6-11(2)16-13/h6-7,10H,3-5,8-9H2,1-2H3. The number of carbonyl (C=O) groups is 1. The molecule has 0 amide bonds. The van der Waals surface area contributed by atoms with Crippen LogP contribution in [0.15, 0.2) is 12.1 Å². The van der Waals surface area contributed by atoms with Crippen molar-refractivity contribution >= 4 is 17.1 Å². The Bertz CT molecular complexity index is 372. The number of carbonyl (C=O) groups excluding carboxylic acids is 1. The molecule has 16 heavy (non-hydrogen) atoms. The van der Waals surface area contributed by atoms with E-state index in [0.29, 0.717) is 12.6 Å². The fraction of sp³-hybridized carbons (Fsp3) is 0.615. The maximum absolute atomic E-state index is 12.0. The van der Waals surface area contributed by atoms with Gasteiger partial charge in [0.1, 0.15) is 0 Å². The smallest absolute Gasteiger partial charge is 0.186 e. The van der Waals surface area contributed by atoms with Crippen molar-refractivity contribution in [2.45, 2.75) is 39.2 Å². The summed E-state index contributed by atoms with van der Waals surface area (Å²) in [4.78, 5) is 16.5. The van der Waals surface area contributed by atoms with Gasteiger partial charge in [-0.25, -0.2) is 0 Å². The van der Waals surface area contributed by atoms with E-state index >= 15 is 0 Å². The Kier molecular flexibility index (Phi) is 3.77. The van der Waals surface area contributed by atoms with Crippen LogP contribution in [0.1, 0.15) is 40.7 Å². The molecule has 1 atom stereocenters. The van der Waals surface area contributed by atoms with Crippen LogP contribution in [0, 0.1) is 6.92 Å². The van der Waals surface area contributed by atoms with Gasteiger partial charge >= 0.3 is 0 Å². The average Bonchev–Trinajstić information content (AvgIpc) is 2.68. The minimum absolute atomic E-state index is 0.284. The lowest BCUT2D eigenvalue weighted by Crippen LogP contribution is -2.40. The molecule has 1 aromatic heterocycles. The van der Waals surface area contributed by atoms with E-state index in [4.69, 9.17) is 0 Å². The van der Waals surface area contributed by atoms with Gasteiger partial charge in [-0.1, -0.05) is 6.42 Å². The van der Waals surface area contributed by atoms with Crippen LogP contribution in [-0.2, 0) is 0 Å². The summed E-state index contributed by atoms with van der Waals surface area (Å²) in [7, 11) is 0. The monoisotopic (exact) mass is 237 g/mol. The third-order valence-corrected chi connectivity index (χ3v) is 4.34. The molecule has 0 aromatic carbocycles. The summed E-state index contributed by atoms with van der Waals surface area (Å²) in [5.41, 5.74) is 0. The lowest BCUT2D eigenvalue weighted by Gasteiger charge is -2.32. The summed E-state index contributed by atoms with van der Waals surface area (Å²) in [6, 6.07) is 4.55. The van der Waals surface area contributed by atoms with Gasteiger partial charge in [-0.05, 0) is 45.4 Å². The molecule has 88 valence electrons. The molecule has 0 spiro atoms. The normalized spacial score (nSPS) is 22.2. The molecule has 0 N–H and O–H groups in total. The van der Waals surface area contributed by atoms with E-state index < -0.39 is 0 Å². The second-order valence-corrected chi connectivity index (χ2v) is 5.94. The summed E-state index contributed by atoms with van der Waals surface area (Å²) in [6.07, 6.45) is 3.78. The summed E-state index contributed by atoms with van der Waals surface area (Å²) < 4.78 is 0. The molecule has 1 unspecified atom stereocenters. The highest BCUT2D eigenvalue weighted by atomic mass is 32.1. The number of rotatable bonds is 3. The molecule has 0 saturated carbocycles. The molecule has 2 heterocycles. The molecule has 1 saturated heterocycles. The van der Waals surface area contributed by atoms with E-state index in [2.05, 4.69) is 11.8 Å². The molecule has 1 aliphatic heterocycles. The van der Waals surface area contributed by atoms with Gasteiger partial charge in [-0.15, -0.1) is 11.3 Å². The first-order valence-electron chi connectivity index (χ1n) is 6.00. The molecule has 0 bridgehead atoms. The summed E-state index contributed by atoms with van der Waals surface area (Å²) in [6.45, 7) is 5.95. The van der Waals surface area contributed by atoms with Crippen LogP contribution in [0.5, 0.6) is 0 Å². The molecule has 3 heteroatoms. The van der Waals surface area contributed by atoms with Crippen molar-refractivity contribution in [3.8, 4) is 0 Å². The Labute approximate surface area is 101 Å². The maximum Gasteiger partial charge on any atom is 0.186 e. The zero-order chi connectivity index (χ0) is 11.5. The van der Waals surface area contributed by atoms with Gasteiger partial charge < -0.3 is 0 Å². The van der Waals surface area contributed by atoms with Crippen molar-refractivity contribution in [2.75, 3.05) is 13.1 Å². The Balaban J connectivity index is 1.96. The van der Waals surface area contributed by atoms with E-state index in [1.807, 2.05) is 19.1 Å². The second kappa shape index (κ2) is 5.11. The van der Waals surface area contributed by atoms with Crippen molar-refractivity contribution in [1.29, 1.82) is 0 Å². The van der Waals surface area contributed by atoms with Gasteiger partial charge in [0.25, 0.3) is 0 Å². The van der Waals surface area contributed by atoms with E-state index in [1.165, 1.54) is 24.1 Å². The van der Waals surface area contributed by atoms with Crippen molar-refractivity contribution in [3.63, 3.8) is 0 Å². The largest absolute Gasteiger partial charge is 0.293 e. The van der Waals surface area contributed by atoms with Gasteiger partial charge in [0.05, 0.1) is 11.4 Å². The minimum Gasteiger partial charge on any atom is -0.293 e. The molecule has 1 fully saturated rings. The van der Waals surface area contributed by atoms with Crippen molar-refractivity contribution < 1.29 is 4.79 Å². The van der Waals surface area contributed by atoms with Crippen LogP contribution >= 0.6 is 11.3 Å². The summed E-state index contributed by atoms with van der Waals surface area (Å²) >= 11 is 1.61. The Morgan fingerprint density at radius 3 is 2.94 bits per heavy atom. The predicted molar refractivity (Wildman–Crippen MR) is 68.3 cm³/mol. The van der Waals surface area contributed by atoms with Crippen molar-refractivity contribution in [3.05, 3.63) is 21.9 Å². The average molecular weight is 237 g/mol. The van der Waals surface area contributed by atoms with Crippen LogP contribution in [-0.4, -0.2) is 29.8 Å². The number of hydrogen-bond donors (Lipinski definition) is 0. The molecule has 2 rings (SSSR count). The Morgan fingerprint density at radius 2 is 2.31 bits per heavy atom. The van der Waals surface area contributed by atoms with Crippen molar-refractivity contribution in [1.82, 2.24) is 4.90 Å². The first kappa shape index (κ1) is 11.8.